The molecule has 3 heteroatoms. The highest BCUT2D eigenvalue weighted by atomic mass is 19.1. The number of piperazine rings is 1. The quantitative estimate of drug-likeness (QED) is 0.798. The average molecular weight is 230 g/mol. The summed E-state index contributed by atoms with van der Waals surface area (Å²) in [5.74, 6) is 0. The van der Waals surface area contributed by atoms with Crippen molar-refractivity contribution in [3.63, 3.8) is 0 Å². The predicted molar refractivity (Wildman–Crippen MR) is 67.5 cm³/mol. The van der Waals surface area contributed by atoms with E-state index in [4.69, 9.17) is 0 Å². The SMILES string of the molecule is CCCC1CN(CCF)C(C(C)(C)C)CN1. The van der Waals surface area contributed by atoms with Crippen LogP contribution in [-0.4, -0.2) is 43.3 Å². The summed E-state index contributed by atoms with van der Waals surface area (Å²) in [6, 6.07) is 1.01. The molecule has 0 spiro atoms. The molecule has 0 radical (unpaired) electrons. The summed E-state index contributed by atoms with van der Waals surface area (Å²) in [7, 11) is 0. The lowest BCUT2D eigenvalue weighted by molar-refractivity contribution is 0.0492. The second kappa shape index (κ2) is 5.97. The van der Waals surface area contributed by atoms with Crippen molar-refractivity contribution in [2.24, 2.45) is 5.41 Å². The second-order valence-electron chi connectivity index (χ2n) is 5.96. The first-order valence-electron chi connectivity index (χ1n) is 6.52. The summed E-state index contributed by atoms with van der Waals surface area (Å²) in [6.45, 7) is 11.3. The molecule has 0 aromatic heterocycles. The van der Waals surface area contributed by atoms with Crippen LogP contribution in [0.15, 0.2) is 0 Å². The van der Waals surface area contributed by atoms with Gasteiger partial charge in [0.1, 0.15) is 6.67 Å². The van der Waals surface area contributed by atoms with E-state index in [9.17, 15) is 4.39 Å². The third kappa shape index (κ3) is 3.70. The largest absolute Gasteiger partial charge is 0.311 e. The number of nitrogens with one attached hydrogen (secondary N) is 1. The zero-order valence-electron chi connectivity index (χ0n) is 11.2. The Kier molecular flexibility index (Phi) is 5.19. The van der Waals surface area contributed by atoms with Gasteiger partial charge in [-0.25, -0.2) is 4.39 Å². The van der Waals surface area contributed by atoms with Crippen molar-refractivity contribution < 1.29 is 4.39 Å². The third-order valence-electron chi connectivity index (χ3n) is 3.50. The third-order valence-corrected chi connectivity index (χ3v) is 3.50. The monoisotopic (exact) mass is 230 g/mol. The lowest BCUT2D eigenvalue weighted by Crippen LogP contribution is -2.60. The van der Waals surface area contributed by atoms with Gasteiger partial charge in [-0.3, -0.25) is 4.90 Å². The predicted octanol–water partition coefficient (Wildman–Crippen LogP) is 2.44. The lowest BCUT2D eigenvalue weighted by Gasteiger charge is -2.46. The zero-order valence-corrected chi connectivity index (χ0v) is 11.2. The number of rotatable bonds is 4. The van der Waals surface area contributed by atoms with Gasteiger partial charge in [0, 0.05) is 31.7 Å². The van der Waals surface area contributed by atoms with E-state index in [1.54, 1.807) is 0 Å². The number of hydrogen-bond acceptors (Lipinski definition) is 2. The molecule has 2 nitrogen and oxygen atoms in total. The van der Waals surface area contributed by atoms with Gasteiger partial charge in [-0.05, 0) is 11.8 Å². The van der Waals surface area contributed by atoms with Crippen molar-refractivity contribution in [2.75, 3.05) is 26.3 Å². The van der Waals surface area contributed by atoms with Crippen molar-refractivity contribution in [1.29, 1.82) is 0 Å². The van der Waals surface area contributed by atoms with Gasteiger partial charge in [0.25, 0.3) is 0 Å². The highest BCUT2D eigenvalue weighted by Gasteiger charge is 2.34. The van der Waals surface area contributed by atoms with E-state index in [2.05, 4.69) is 37.9 Å². The molecule has 1 aliphatic heterocycles. The molecule has 16 heavy (non-hydrogen) atoms. The van der Waals surface area contributed by atoms with Crippen molar-refractivity contribution >= 4 is 0 Å². The van der Waals surface area contributed by atoms with Crippen molar-refractivity contribution in [3.8, 4) is 0 Å². The van der Waals surface area contributed by atoms with E-state index < -0.39 is 0 Å². The normalized spacial score (nSPS) is 28.3. The Morgan fingerprint density at radius 1 is 1.38 bits per heavy atom. The first-order chi connectivity index (χ1) is 7.49. The maximum absolute atomic E-state index is 12.6. The first-order valence-corrected chi connectivity index (χ1v) is 6.52. The molecule has 0 bridgehead atoms. The van der Waals surface area contributed by atoms with Crippen LogP contribution in [0, 0.1) is 5.41 Å². The highest BCUT2D eigenvalue weighted by molar-refractivity contribution is 4.92. The van der Waals surface area contributed by atoms with Gasteiger partial charge in [-0.2, -0.15) is 0 Å². The fourth-order valence-corrected chi connectivity index (χ4v) is 2.63. The first kappa shape index (κ1) is 13.9. The molecule has 1 aliphatic rings. The van der Waals surface area contributed by atoms with Gasteiger partial charge in [0.15, 0.2) is 0 Å². The summed E-state index contributed by atoms with van der Waals surface area (Å²) in [6.07, 6.45) is 2.39. The molecular weight excluding hydrogens is 203 g/mol. The van der Waals surface area contributed by atoms with Gasteiger partial charge >= 0.3 is 0 Å². The minimum Gasteiger partial charge on any atom is -0.311 e. The van der Waals surface area contributed by atoms with E-state index in [0.29, 0.717) is 18.6 Å². The number of halogens is 1. The highest BCUT2D eigenvalue weighted by Crippen LogP contribution is 2.26. The molecule has 0 amide bonds. The second-order valence-corrected chi connectivity index (χ2v) is 5.96. The van der Waals surface area contributed by atoms with Crippen LogP contribution in [-0.2, 0) is 0 Å². The van der Waals surface area contributed by atoms with E-state index in [1.807, 2.05) is 0 Å². The molecular formula is C13H27FN2. The molecule has 1 fully saturated rings. The molecule has 0 saturated carbocycles. The van der Waals surface area contributed by atoms with Gasteiger partial charge in [-0.1, -0.05) is 34.1 Å². The summed E-state index contributed by atoms with van der Waals surface area (Å²) >= 11 is 0. The molecule has 1 saturated heterocycles. The average Bonchev–Trinajstić information content (AvgIpc) is 2.17. The van der Waals surface area contributed by atoms with Crippen molar-refractivity contribution in [3.05, 3.63) is 0 Å². The van der Waals surface area contributed by atoms with Crippen LogP contribution >= 0.6 is 0 Å². The van der Waals surface area contributed by atoms with Crippen LogP contribution in [0.1, 0.15) is 40.5 Å². The fraction of sp³-hybridized carbons (Fsp3) is 1.00. The van der Waals surface area contributed by atoms with E-state index in [-0.39, 0.29) is 12.1 Å². The van der Waals surface area contributed by atoms with Gasteiger partial charge in [0.05, 0.1) is 0 Å². The summed E-state index contributed by atoms with van der Waals surface area (Å²) in [4.78, 5) is 2.33. The Hall–Kier alpha value is -0.150. The van der Waals surface area contributed by atoms with Crippen LogP contribution < -0.4 is 5.32 Å². The maximum Gasteiger partial charge on any atom is 0.102 e. The molecule has 0 aromatic rings. The summed E-state index contributed by atoms with van der Waals surface area (Å²) in [5, 5.41) is 3.60. The molecule has 1 heterocycles. The molecule has 0 aromatic carbocycles. The molecule has 1 rings (SSSR count). The Morgan fingerprint density at radius 3 is 2.56 bits per heavy atom. The smallest absolute Gasteiger partial charge is 0.102 e. The Bertz CT molecular complexity index is 201. The van der Waals surface area contributed by atoms with Crippen molar-refractivity contribution in [2.45, 2.75) is 52.6 Å². The standard InChI is InChI=1S/C13H27FN2/c1-5-6-11-10-16(8-7-14)12(9-15-11)13(2,3)4/h11-12,15H,5-10H2,1-4H3. The number of alkyl halides is 1. The van der Waals surface area contributed by atoms with Crippen molar-refractivity contribution in [1.82, 2.24) is 10.2 Å². The topological polar surface area (TPSA) is 15.3 Å². The summed E-state index contributed by atoms with van der Waals surface area (Å²) < 4.78 is 12.6. The maximum atomic E-state index is 12.6. The van der Waals surface area contributed by atoms with E-state index >= 15 is 0 Å². The molecule has 96 valence electrons. The minimum absolute atomic E-state index is 0.222. The minimum atomic E-state index is -0.231. The van der Waals surface area contributed by atoms with Crippen LogP contribution in [0.2, 0.25) is 0 Å². The zero-order chi connectivity index (χ0) is 12.2. The van der Waals surface area contributed by atoms with Gasteiger partial charge in [0.2, 0.25) is 0 Å². The van der Waals surface area contributed by atoms with Crippen LogP contribution in [0.5, 0.6) is 0 Å². The van der Waals surface area contributed by atoms with Crippen LogP contribution in [0.4, 0.5) is 4.39 Å². The Balaban J connectivity index is 2.60. The van der Waals surface area contributed by atoms with Gasteiger partial charge < -0.3 is 5.32 Å². The Labute approximate surface area is 99.6 Å². The molecule has 2 atom stereocenters. The number of hydrogen-bond donors (Lipinski definition) is 1. The van der Waals surface area contributed by atoms with Gasteiger partial charge in [-0.15, -0.1) is 0 Å². The molecule has 1 N–H and O–H groups in total. The Morgan fingerprint density at radius 2 is 2.06 bits per heavy atom. The lowest BCUT2D eigenvalue weighted by atomic mass is 9.83. The fourth-order valence-electron chi connectivity index (χ4n) is 2.63. The van der Waals surface area contributed by atoms with E-state index in [0.717, 1.165) is 13.1 Å². The summed E-state index contributed by atoms with van der Waals surface area (Å²) in [5.41, 5.74) is 0.222. The van der Waals surface area contributed by atoms with E-state index in [1.165, 1.54) is 12.8 Å². The number of nitrogens with zero attached hydrogens (tertiary/aromatic N) is 1. The van der Waals surface area contributed by atoms with Crippen LogP contribution in [0.25, 0.3) is 0 Å². The van der Waals surface area contributed by atoms with Crippen LogP contribution in [0.3, 0.4) is 0 Å². The molecule has 0 aliphatic carbocycles. The molecule has 2 unspecified atom stereocenters.